The van der Waals surface area contributed by atoms with Crippen molar-refractivity contribution < 1.29 is 29.3 Å². The zero-order valence-corrected chi connectivity index (χ0v) is 11.8. The summed E-state index contributed by atoms with van der Waals surface area (Å²) in [7, 11) is 0. The third-order valence-electron chi connectivity index (χ3n) is 2.35. The smallest absolute Gasteiger partial charge is 0.407 e. The van der Waals surface area contributed by atoms with Crippen LogP contribution in [0.3, 0.4) is 0 Å². The molecule has 1 aromatic rings. The van der Waals surface area contributed by atoms with Gasteiger partial charge in [0.2, 0.25) is 0 Å². The second-order valence-corrected chi connectivity index (χ2v) is 5.36. The highest BCUT2D eigenvalue weighted by Gasteiger charge is 2.23. The molecule has 1 amide bonds. The van der Waals surface area contributed by atoms with Crippen LogP contribution >= 0.6 is 0 Å². The highest BCUT2D eigenvalue weighted by atomic mass is 16.6. The molecule has 0 saturated heterocycles. The van der Waals surface area contributed by atoms with Crippen LogP contribution in [-0.4, -0.2) is 39.7 Å². The highest BCUT2D eigenvalue weighted by molar-refractivity contribution is 5.67. The van der Waals surface area contributed by atoms with Crippen LogP contribution in [0, 0.1) is 0 Å². The molecule has 20 heavy (non-hydrogen) atoms. The van der Waals surface area contributed by atoms with Gasteiger partial charge in [-0.2, -0.15) is 0 Å². The SMILES string of the molecule is CC(C)(C)OC(=O)NCC(O)C(O)c1ccc(CO)o1. The highest BCUT2D eigenvalue weighted by Crippen LogP contribution is 2.19. The molecule has 0 aromatic carbocycles. The van der Waals surface area contributed by atoms with E-state index in [0.29, 0.717) is 0 Å². The fraction of sp³-hybridized carbons (Fsp3) is 0.615. The van der Waals surface area contributed by atoms with Crippen LogP contribution in [0.15, 0.2) is 16.5 Å². The maximum atomic E-state index is 11.4. The van der Waals surface area contributed by atoms with E-state index in [1.54, 1.807) is 20.8 Å². The molecule has 1 heterocycles. The molecule has 0 fully saturated rings. The van der Waals surface area contributed by atoms with E-state index < -0.39 is 23.9 Å². The van der Waals surface area contributed by atoms with E-state index in [4.69, 9.17) is 14.3 Å². The Morgan fingerprint density at radius 2 is 2.05 bits per heavy atom. The van der Waals surface area contributed by atoms with Gasteiger partial charge >= 0.3 is 6.09 Å². The summed E-state index contributed by atoms with van der Waals surface area (Å²) in [5.74, 6) is 0.402. The molecular formula is C13H21NO6. The third-order valence-corrected chi connectivity index (χ3v) is 2.35. The molecule has 2 unspecified atom stereocenters. The summed E-state index contributed by atoms with van der Waals surface area (Å²) >= 11 is 0. The van der Waals surface area contributed by atoms with E-state index in [0.717, 1.165) is 0 Å². The minimum absolute atomic E-state index is 0.118. The number of hydrogen-bond donors (Lipinski definition) is 4. The zero-order valence-electron chi connectivity index (χ0n) is 11.8. The summed E-state index contributed by atoms with van der Waals surface area (Å²) in [5.41, 5.74) is -0.634. The van der Waals surface area contributed by atoms with Gasteiger partial charge < -0.3 is 29.8 Å². The van der Waals surface area contributed by atoms with Crippen molar-refractivity contribution in [3.63, 3.8) is 0 Å². The fourth-order valence-corrected chi connectivity index (χ4v) is 1.44. The van der Waals surface area contributed by atoms with E-state index in [1.807, 2.05) is 0 Å². The first-order valence-electron chi connectivity index (χ1n) is 6.25. The number of nitrogens with one attached hydrogen (secondary N) is 1. The molecule has 7 nitrogen and oxygen atoms in total. The molecule has 2 atom stereocenters. The van der Waals surface area contributed by atoms with E-state index in [-0.39, 0.29) is 24.7 Å². The van der Waals surface area contributed by atoms with Gasteiger partial charge in [0.1, 0.15) is 35.9 Å². The Hall–Kier alpha value is -1.57. The molecule has 114 valence electrons. The van der Waals surface area contributed by atoms with Crippen molar-refractivity contribution >= 4 is 6.09 Å². The predicted octanol–water partition coefficient (Wildman–Crippen LogP) is 0.691. The van der Waals surface area contributed by atoms with Gasteiger partial charge in [0.05, 0.1) is 0 Å². The molecule has 1 rings (SSSR count). The summed E-state index contributed by atoms with van der Waals surface area (Å²) < 4.78 is 10.1. The average Bonchev–Trinajstić information content (AvgIpc) is 2.81. The lowest BCUT2D eigenvalue weighted by Gasteiger charge is -2.21. The number of hydrogen-bond acceptors (Lipinski definition) is 6. The maximum Gasteiger partial charge on any atom is 0.407 e. The Labute approximate surface area is 117 Å². The maximum absolute atomic E-state index is 11.4. The Morgan fingerprint density at radius 1 is 1.40 bits per heavy atom. The number of alkyl carbamates (subject to hydrolysis) is 1. The molecule has 0 saturated carbocycles. The molecule has 1 aromatic heterocycles. The van der Waals surface area contributed by atoms with Gasteiger partial charge in [-0.25, -0.2) is 4.79 Å². The third kappa shape index (κ3) is 5.20. The number of rotatable bonds is 5. The van der Waals surface area contributed by atoms with Crippen LogP contribution in [0.4, 0.5) is 4.79 Å². The number of furan rings is 1. The van der Waals surface area contributed by atoms with Crippen molar-refractivity contribution in [1.29, 1.82) is 0 Å². The van der Waals surface area contributed by atoms with E-state index >= 15 is 0 Å². The standard InChI is InChI=1S/C13H21NO6/c1-13(2,3)20-12(18)14-6-9(16)11(17)10-5-4-8(7-15)19-10/h4-5,9,11,15-17H,6-7H2,1-3H3,(H,14,18). The van der Waals surface area contributed by atoms with Crippen molar-refractivity contribution in [3.05, 3.63) is 23.7 Å². The van der Waals surface area contributed by atoms with Gasteiger partial charge in [-0.05, 0) is 32.9 Å². The average molecular weight is 287 g/mol. The Morgan fingerprint density at radius 3 is 2.55 bits per heavy atom. The van der Waals surface area contributed by atoms with E-state index in [2.05, 4.69) is 5.32 Å². The molecule has 0 radical (unpaired) electrons. The molecule has 7 heteroatoms. The molecule has 0 bridgehead atoms. The van der Waals surface area contributed by atoms with Gasteiger partial charge in [-0.15, -0.1) is 0 Å². The van der Waals surface area contributed by atoms with Gasteiger partial charge in [-0.3, -0.25) is 0 Å². The van der Waals surface area contributed by atoms with Crippen molar-refractivity contribution in [2.24, 2.45) is 0 Å². The van der Waals surface area contributed by atoms with Crippen LogP contribution in [0.2, 0.25) is 0 Å². The van der Waals surface area contributed by atoms with E-state index in [1.165, 1.54) is 12.1 Å². The number of ether oxygens (including phenoxy) is 1. The van der Waals surface area contributed by atoms with Gasteiger partial charge in [0, 0.05) is 6.54 Å². The first-order valence-corrected chi connectivity index (χ1v) is 6.25. The predicted molar refractivity (Wildman–Crippen MR) is 69.8 cm³/mol. The quantitative estimate of drug-likeness (QED) is 0.634. The summed E-state index contributed by atoms with van der Waals surface area (Å²) in [6.07, 6.45) is -3.23. The van der Waals surface area contributed by atoms with Crippen LogP contribution in [0.1, 0.15) is 38.4 Å². The molecule has 0 aliphatic rings. The number of aliphatic hydroxyl groups is 3. The Kier molecular flexibility index (Phi) is 5.55. The Bertz CT molecular complexity index is 436. The van der Waals surface area contributed by atoms with E-state index in [9.17, 15) is 15.0 Å². The monoisotopic (exact) mass is 287 g/mol. The minimum atomic E-state index is -1.30. The summed E-state index contributed by atoms with van der Waals surface area (Å²) in [6.45, 7) is 4.68. The number of amides is 1. The number of carbonyl (C=O) groups excluding carboxylic acids is 1. The lowest BCUT2D eigenvalue weighted by molar-refractivity contribution is 0.00121. The minimum Gasteiger partial charge on any atom is -0.461 e. The molecule has 4 N–H and O–H groups in total. The zero-order chi connectivity index (χ0) is 15.3. The molecule has 0 aliphatic heterocycles. The lowest BCUT2D eigenvalue weighted by Crippen LogP contribution is -2.38. The number of aliphatic hydroxyl groups excluding tert-OH is 3. The first-order chi connectivity index (χ1) is 9.23. The van der Waals surface area contributed by atoms with Gasteiger partial charge in [0.15, 0.2) is 0 Å². The van der Waals surface area contributed by atoms with Crippen LogP contribution in [0.5, 0.6) is 0 Å². The Balaban J connectivity index is 2.46. The van der Waals surface area contributed by atoms with Crippen LogP contribution in [-0.2, 0) is 11.3 Å². The van der Waals surface area contributed by atoms with Crippen molar-refractivity contribution in [2.75, 3.05) is 6.54 Å². The van der Waals surface area contributed by atoms with Crippen molar-refractivity contribution in [2.45, 2.75) is 45.2 Å². The summed E-state index contributed by atoms with van der Waals surface area (Å²) in [5, 5.41) is 30.8. The molecule has 0 spiro atoms. The number of carbonyl (C=O) groups is 1. The van der Waals surface area contributed by atoms with Crippen molar-refractivity contribution in [1.82, 2.24) is 5.32 Å². The van der Waals surface area contributed by atoms with Gasteiger partial charge in [-0.1, -0.05) is 0 Å². The lowest BCUT2D eigenvalue weighted by atomic mass is 10.1. The fourth-order valence-electron chi connectivity index (χ4n) is 1.44. The second-order valence-electron chi connectivity index (χ2n) is 5.36. The van der Waals surface area contributed by atoms with Crippen LogP contribution in [0.25, 0.3) is 0 Å². The largest absolute Gasteiger partial charge is 0.461 e. The molecule has 0 aliphatic carbocycles. The normalized spacial score (nSPS) is 14.7. The summed E-state index contributed by atoms with van der Waals surface area (Å²) in [4.78, 5) is 11.4. The van der Waals surface area contributed by atoms with Gasteiger partial charge in [0.25, 0.3) is 0 Å². The van der Waals surface area contributed by atoms with Crippen molar-refractivity contribution in [3.8, 4) is 0 Å². The first kappa shape index (κ1) is 16.5. The summed E-state index contributed by atoms with van der Waals surface area (Å²) in [6, 6.07) is 2.94. The molecular weight excluding hydrogens is 266 g/mol. The topological polar surface area (TPSA) is 112 Å². The second kappa shape index (κ2) is 6.74. The van der Waals surface area contributed by atoms with Crippen LogP contribution < -0.4 is 5.32 Å².